The second-order valence-electron chi connectivity index (χ2n) is 7.49. The lowest BCUT2D eigenvalue weighted by Crippen LogP contribution is -2.63. The number of amides is 2. The fraction of sp³-hybridized carbons (Fsp3) is 0.500. The van der Waals surface area contributed by atoms with Crippen LogP contribution in [0.4, 0.5) is 0 Å². The molecule has 0 aromatic heterocycles. The zero-order valence-corrected chi connectivity index (χ0v) is 19.5. The van der Waals surface area contributed by atoms with Gasteiger partial charge in [-0.05, 0) is 17.9 Å². The van der Waals surface area contributed by atoms with E-state index < -0.39 is 59.5 Å². The Morgan fingerprint density at radius 1 is 0.970 bits per heavy atom. The van der Waals surface area contributed by atoms with Gasteiger partial charge in [-0.25, -0.2) is 0 Å². The summed E-state index contributed by atoms with van der Waals surface area (Å²) in [6.45, 7) is 5.10. The van der Waals surface area contributed by atoms with Gasteiger partial charge in [-0.2, -0.15) is 0 Å². The number of rotatable bonds is 7. The molecule has 0 saturated carbocycles. The van der Waals surface area contributed by atoms with Gasteiger partial charge in [-0.15, -0.1) is 11.8 Å². The first-order chi connectivity index (χ1) is 15.6. The largest absolute Gasteiger partial charge is 0.465 e. The topological polar surface area (TPSA) is 126 Å². The molecular weight excluding hydrogens is 454 g/mol. The highest BCUT2D eigenvalue weighted by atomic mass is 32.2. The van der Waals surface area contributed by atoms with E-state index >= 15 is 0 Å². The van der Waals surface area contributed by atoms with Crippen LogP contribution in [0.25, 0.3) is 0 Å². The standard InChI is InChI=1S/C22H25NO9S/c1-5-33-22-17(23-19(27)14-8-6-7-9-15(14)20(23)28)16(10-29-11(2)24)18(30-12(3)25)21(32-22)31-13(4)26/h6-9,16-18,21-22H,5,10H2,1-4H3/t16-,17-,18+,21+,22+/m1/s1. The first-order valence-electron chi connectivity index (χ1n) is 10.4. The number of benzene rings is 1. The lowest BCUT2D eigenvalue weighted by molar-refractivity contribution is -0.255. The predicted octanol–water partition coefficient (Wildman–Crippen LogP) is 1.76. The highest BCUT2D eigenvalue weighted by Crippen LogP contribution is 2.40. The average Bonchev–Trinajstić information content (AvgIpc) is 2.98. The molecule has 10 nitrogen and oxygen atoms in total. The summed E-state index contributed by atoms with van der Waals surface area (Å²) in [4.78, 5) is 62.8. The Balaban J connectivity index is 2.09. The van der Waals surface area contributed by atoms with Gasteiger partial charge in [-0.3, -0.25) is 28.9 Å². The van der Waals surface area contributed by atoms with Gasteiger partial charge >= 0.3 is 17.9 Å². The van der Waals surface area contributed by atoms with Gasteiger partial charge in [0.05, 0.1) is 23.1 Å². The van der Waals surface area contributed by atoms with E-state index in [-0.39, 0.29) is 17.7 Å². The molecule has 0 bridgehead atoms. The van der Waals surface area contributed by atoms with Crippen LogP contribution >= 0.6 is 11.8 Å². The van der Waals surface area contributed by atoms with Crippen LogP contribution in [-0.2, 0) is 33.3 Å². The SMILES string of the molecule is CCS[C@@H]1O[C@H](OC(C)=O)[C@@H](OC(C)=O)[C@H](COC(C)=O)[C@H]1N1C(=O)c2ccccc2C1=O. The van der Waals surface area contributed by atoms with Crippen LogP contribution in [0.3, 0.4) is 0 Å². The number of imide groups is 1. The molecule has 11 heteroatoms. The van der Waals surface area contributed by atoms with Crippen LogP contribution < -0.4 is 0 Å². The van der Waals surface area contributed by atoms with Gasteiger partial charge in [0.1, 0.15) is 12.0 Å². The minimum absolute atomic E-state index is 0.236. The predicted molar refractivity (Wildman–Crippen MR) is 115 cm³/mol. The van der Waals surface area contributed by atoms with Gasteiger partial charge < -0.3 is 18.9 Å². The second kappa shape index (κ2) is 10.3. The Kier molecular flexibility index (Phi) is 7.75. The van der Waals surface area contributed by atoms with E-state index in [1.54, 1.807) is 24.3 Å². The molecule has 5 atom stereocenters. The van der Waals surface area contributed by atoms with Crippen molar-refractivity contribution in [3.63, 3.8) is 0 Å². The van der Waals surface area contributed by atoms with E-state index in [4.69, 9.17) is 18.9 Å². The van der Waals surface area contributed by atoms with Gasteiger partial charge in [0.15, 0.2) is 6.10 Å². The third-order valence-electron chi connectivity index (χ3n) is 5.19. The van der Waals surface area contributed by atoms with Crippen LogP contribution in [0.5, 0.6) is 0 Å². The van der Waals surface area contributed by atoms with Crippen molar-refractivity contribution in [2.75, 3.05) is 12.4 Å². The van der Waals surface area contributed by atoms with Crippen LogP contribution in [0.1, 0.15) is 48.4 Å². The molecule has 2 aliphatic heterocycles. The smallest absolute Gasteiger partial charge is 0.305 e. The van der Waals surface area contributed by atoms with E-state index in [0.29, 0.717) is 5.75 Å². The second-order valence-corrected chi connectivity index (χ2v) is 8.87. The summed E-state index contributed by atoms with van der Waals surface area (Å²) >= 11 is 1.28. The summed E-state index contributed by atoms with van der Waals surface area (Å²) in [5.74, 6) is -3.43. The summed E-state index contributed by atoms with van der Waals surface area (Å²) in [5.41, 5.74) is -0.366. The first kappa shape index (κ1) is 24.7. The van der Waals surface area contributed by atoms with Crippen molar-refractivity contribution in [2.45, 2.75) is 51.6 Å². The number of fused-ring (bicyclic) bond motifs is 1. The summed E-state index contributed by atoms with van der Waals surface area (Å²) in [7, 11) is 0. The molecule has 1 fully saturated rings. The third kappa shape index (κ3) is 5.19. The molecule has 0 aliphatic carbocycles. The monoisotopic (exact) mass is 479 g/mol. The van der Waals surface area contributed by atoms with Gasteiger partial charge in [0, 0.05) is 20.8 Å². The number of thioether (sulfide) groups is 1. The van der Waals surface area contributed by atoms with Crippen molar-refractivity contribution < 1.29 is 42.9 Å². The zero-order chi connectivity index (χ0) is 24.3. The van der Waals surface area contributed by atoms with Gasteiger partial charge in [0.25, 0.3) is 11.8 Å². The molecule has 1 saturated heterocycles. The van der Waals surface area contributed by atoms with E-state index in [0.717, 1.165) is 11.8 Å². The zero-order valence-electron chi connectivity index (χ0n) is 18.6. The molecule has 0 radical (unpaired) electrons. The Hall–Kier alpha value is -2.92. The molecule has 2 heterocycles. The number of ether oxygens (including phenoxy) is 4. The van der Waals surface area contributed by atoms with Crippen LogP contribution in [0, 0.1) is 5.92 Å². The Bertz CT molecular complexity index is 930. The number of hydrogen-bond acceptors (Lipinski definition) is 10. The maximum atomic E-state index is 13.3. The van der Waals surface area contributed by atoms with E-state index in [9.17, 15) is 24.0 Å². The summed E-state index contributed by atoms with van der Waals surface area (Å²) in [6, 6.07) is 5.43. The van der Waals surface area contributed by atoms with Crippen molar-refractivity contribution in [3.05, 3.63) is 35.4 Å². The maximum Gasteiger partial charge on any atom is 0.305 e. The van der Waals surface area contributed by atoms with Crippen LogP contribution in [0.2, 0.25) is 0 Å². The molecule has 0 N–H and O–H groups in total. The molecule has 3 rings (SSSR count). The molecule has 2 aliphatic rings. The molecule has 178 valence electrons. The summed E-state index contributed by atoms with van der Waals surface area (Å²) in [5, 5.41) is 0. The van der Waals surface area contributed by atoms with Crippen molar-refractivity contribution in [2.24, 2.45) is 5.92 Å². The first-order valence-corrected chi connectivity index (χ1v) is 11.4. The maximum absolute atomic E-state index is 13.3. The normalized spacial score (nSPS) is 26.5. The summed E-state index contributed by atoms with van der Waals surface area (Å²) in [6.07, 6.45) is -2.55. The number of carbonyl (C=O) groups excluding carboxylic acids is 5. The molecule has 0 unspecified atom stereocenters. The molecule has 1 aromatic rings. The fourth-order valence-electron chi connectivity index (χ4n) is 3.98. The fourth-order valence-corrected chi connectivity index (χ4v) is 5.02. The molecular formula is C22H25NO9S. The van der Waals surface area contributed by atoms with Crippen molar-refractivity contribution in [1.29, 1.82) is 0 Å². The van der Waals surface area contributed by atoms with Crippen molar-refractivity contribution in [3.8, 4) is 0 Å². The number of hydrogen-bond donors (Lipinski definition) is 0. The summed E-state index contributed by atoms with van der Waals surface area (Å²) < 4.78 is 21.9. The lowest BCUT2D eigenvalue weighted by atomic mass is 9.90. The van der Waals surface area contributed by atoms with Crippen LogP contribution in [0.15, 0.2) is 24.3 Å². The third-order valence-corrected chi connectivity index (χ3v) is 6.25. The average molecular weight is 480 g/mol. The van der Waals surface area contributed by atoms with E-state index in [1.807, 2.05) is 6.92 Å². The number of carbonyl (C=O) groups is 5. The van der Waals surface area contributed by atoms with Crippen molar-refractivity contribution >= 4 is 41.5 Å². The number of nitrogens with zero attached hydrogens (tertiary/aromatic N) is 1. The highest BCUT2D eigenvalue weighted by Gasteiger charge is 2.56. The molecule has 2 amide bonds. The van der Waals surface area contributed by atoms with E-state index in [2.05, 4.69) is 0 Å². The Morgan fingerprint density at radius 3 is 2.03 bits per heavy atom. The minimum atomic E-state index is -1.32. The Morgan fingerprint density at radius 2 is 1.55 bits per heavy atom. The van der Waals surface area contributed by atoms with Gasteiger partial charge in [0.2, 0.25) is 6.29 Å². The quantitative estimate of drug-likeness (QED) is 0.324. The number of esters is 3. The molecule has 33 heavy (non-hydrogen) atoms. The highest BCUT2D eigenvalue weighted by molar-refractivity contribution is 7.99. The minimum Gasteiger partial charge on any atom is -0.465 e. The Labute approximate surface area is 194 Å². The van der Waals surface area contributed by atoms with Crippen molar-refractivity contribution in [1.82, 2.24) is 4.90 Å². The molecule has 1 aromatic carbocycles. The molecule has 0 spiro atoms. The van der Waals surface area contributed by atoms with Gasteiger partial charge in [-0.1, -0.05) is 19.1 Å². The van der Waals surface area contributed by atoms with E-state index in [1.165, 1.54) is 25.6 Å². The van der Waals surface area contributed by atoms with Crippen LogP contribution in [-0.4, -0.2) is 70.9 Å². The lowest BCUT2D eigenvalue weighted by Gasteiger charge is -2.47.